The number of benzene rings is 2. The number of hydrogen-bond acceptors (Lipinski definition) is 6. The molecule has 4 rings (SSSR count). The highest BCUT2D eigenvalue weighted by Gasteiger charge is 2.22. The molecule has 0 bridgehead atoms. The summed E-state index contributed by atoms with van der Waals surface area (Å²) in [6.07, 6.45) is 2.99. The van der Waals surface area contributed by atoms with Crippen LogP contribution in [0.5, 0.6) is 17.2 Å². The number of likely N-dealkylation sites (tertiary alicyclic amines) is 1. The lowest BCUT2D eigenvalue weighted by Crippen LogP contribution is -2.39. The van der Waals surface area contributed by atoms with Crippen molar-refractivity contribution < 1.29 is 19.0 Å². The van der Waals surface area contributed by atoms with E-state index < -0.39 is 0 Å². The van der Waals surface area contributed by atoms with Crippen LogP contribution in [0.2, 0.25) is 0 Å². The summed E-state index contributed by atoms with van der Waals surface area (Å²) in [5.41, 5.74) is 1.24. The maximum Gasteiger partial charge on any atom is 0.262 e. The first-order chi connectivity index (χ1) is 14.7. The maximum atomic E-state index is 11.5. The lowest BCUT2D eigenvalue weighted by atomic mass is 10.1. The topological polar surface area (TPSA) is 83.8 Å². The fraction of sp³-hybridized carbons (Fsp3) is 0.391. The van der Waals surface area contributed by atoms with Gasteiger partial charge >= 0.3 is 0 Å². The average molecular weight is 407 g/mol. The SMILES string of the molecule is N#Cc1ccccc1OCCCN1CCC(Oc2ccc3c(c2)NC(=O)CO3)CC1. The molecule has 1 saturated heterocycles. The summed E-state index contributed by atoms with van der Waals surface area (Å²) in [5.74, 6) is 1.94. The number of nitrogens with zero attached hydrogens (tertiary/aromatic N) is 2. The van der Waals surface area contributed by atoms with Crippen molar-refractivity contribution in [3.05, 3.63) is 48.0 Å². The molecule has 0 saturated carbocycles. The monoisotopic (exact) mass is 407 g/mol. The number of piperidine rings is 1. The second kappa shape index (κ2) is 9.51. The molecule has 0 unspecified atom stereocenters. The molecule has 1 fully saturated rings. The van der Waals surface area contributed by atoms with Crippen LogP contribution in [0, 0.1) is 11.3 Å². The predicted octanol–water partition coefficient (Wildman–Crippen LogP) is 3.20. The second-order valence-corrected chi connectivity index (χ2v) is 7.46. The fourth-order valence-corrected chi connectivity index (χ4v) is 3.73. The quantitative estimate of drug-likeness (QED) is 0.710. The number of amides is 1. The van der Waals surface area contributed by atoms with Crippen LogP contribution < -0.4 is 19.5 Å². The van der Waals surface area contributed by atoms with Gasteiger partial charge in [-0.3, -0.25) is 4.79 Å². The van der Waals surface area contributed by atoms with Gasteiger partial charge in [0.15, 0.2) is 6.61 Å². The average Bonchev–Trinajstić information content (AvgIpc) is 2.78. The zero-order chi connectivity index (χ0) is 20.8. The van der Waals surface area contributed by atoms with Gasteiger partial charge in [-0.15, -0.1) is 0 Å². The molecule has 2 aliphatic rings. The summed E-state index contributed by atoms with van der Waals surface area (Å²) in [7, 11) is 0. The highest BCUT2D eigenvalue weighted by Crippen LogP contribution is 2.32. The van der Waals surface area contributed by atoms with Crippen molar-refractivity contribution in [3.63, 3.8) is 0 Å². The molecular weight excluding hydrogens is 382 g/mol. The zero-order valence-corrected chi connectivity index (χ0v) is 16.8. The molecule has 2 aliphatic heterocycles. The van der Waals surface area contributed by atoms with Crippen LogP contribution in [0.1, 0.15) is 24.8 Å². The van der Waals surface area contributed by atoms with Gasteiger partial charge in [0.25, 0.3) is 5.91 Å². The van der Waals surface area contributed by atoms with Crippen LogP contribution in [-0.4, -0.2) is 49.8 Å². The van der Waals surface area contributed by atoms with Crippen molar-refractivity contribution >= 4 is 11.6 Å². The van der Waals surface area contributed by atoms with Gasteiger partial charge in [0.1, 0.15) is 29.4 Å². The van der Waals surface area contributed by atoms with E-state index in [0.29, 0.717) is 29.4 Å². The van der Waals surface area contributed by atoms with Gasteiger partial charge in [-0.1, -0.05) is 12.1 Å². The number of hydrogen-bond donors (Lipinski definition) is 1. The van der Waals surface area contributed by atoms with Crippen molar-refractivity contribution in [2.45, 2.75) is 25.4 Å². The van der Waals surface area contributed by atoms with Gasteiger partial charge in [0.2, 0.25) is 0 Å². The van der Waals surface area contributed by atoms with E-state index >= 15 is 0 Å². The number of ether oxygens (including phenoxy) is 3. The van der Waals surface area contributed by atoms with Crippen LogP contribution in [0.3, 0.4) is 0 Å². The van der Waals surface area contributed by atoms with Gasteiger partial charge < -0.3 is 24.4 Å². The van der Waals surface area contributed by atoms with Gasteiger partial charge in [-0.25, -0.2) is 0 Å². The van der Waals surface area contributed by atoms with Gasteiger partial charge in [-0.2, -0.15) is 5.26 Å². The maximum absolute atomic E-state index is 11.5. The summed E-state index contributed by atoms with van der Waals surface area (Å²) < 4.78 is 17.3. The van der Waals surface area contributed by atoms with Crippen molar-refractivity contribution in [1.29, 1.82) is 5.26 Å². The zero-order valence-electron chi connectivity index (χ0n) is 16.8. The molecule has 0 spiro atoms. The Kier molecular flexibility index (Phi) is 6.35. The number of nitrogens with one attached hydrogen (secondary N) is 1. The summed E-state index contributed by atoms with van der Waals surface area (Å²) in [6.45, 7) is 3.57. The minimum Gasteiger partial charge on any atom is -0.492 e. The van der Waals surface area contributed by atoms with E-state index in [1.54, 1.807) is 6.07 Å². The first kappa shape index (κ1) is 20.0. The van der Waals surface area contributed by atoms with Crippen molar-refractivity contribution in [2.75, 3.05) is 38.2 Å². The Morgan fingerprint density at radius 1 is 1.20 bits per heavy atom. The molecule has 1 N–H and O–H groups in total. The van der Waals surface area contributed by atoms with Crippen molar-refractivity contribution in [1.82, 2.24) is 4.90 Å². The molecule has 156 valence electrons. The molecule has 0 aliphatic carbocycles. The van der Waals surface area contributed by atoms with Crippen LogP contribution >= 0.6 is 0 Å². The predicted molar refractivity (Wildman–Crippen MR) is 112 cm³/mol. The molecule has 30 heavy (non-hydrogen) atoms. The third kappa shape index (κ3) is 5.02. The summed E-state index contributed by atoms with van der Waals surface area (Å²) >= 11 is 0. The number of carbonyl (C=O) groups excluding carboxylic acids is 1. The molecule has 2 aromatic rings. The van der Waals surface area contributed by atoms with Crippen molar-refractivity contribution in [3.8, 4) is 23.3 Å². The largest absolute Gasteiger partial charge is 0.492 e. The summed E-state index contributed by atoms with van der Waals surface area (Å²) in [6, 6.07) is 15.0. The van der Waals surface area contributed by atoms with Gasteiger partial charge in [-0.05, 0) is 43.5 Å². The first-order valence-electron chi connectivity index (χ1n) is 10.3. The van der Waals surface area contributed by atoms with Crippen LogP contribution in [0.25, 0.3) is 0 Å². The Hall–Kier alpha value is -3.24. The lowest BCUT2D eigenvalue weighted by Gasteiger charge is -2.32. The Morgan fingerprint density at radius 3 is 2.87 bits per heavy atom. The van der Waals surface area contributed by atoms with Gasteiger partial charge in [0.05, 0.1) is 17.9 Å². The molecule has 7 nitrogen and oxygen atoms in total. The molecule has 0 radical (unpaired) electrons. The molecule has 7 heteroatoms. The highest BCUT2D eigenvalue weighted by atomic mass is 16.5. The van der Waals surface area contributed by atoms with E-state index in [1.807, 2.05) is 36.4 Å². The number of fused-ring (bicyclic) bond motifs is 1. The number of anilines is 1. The Labute approximate surface area is 176 Å². The standard InChI is InChI=1S/C23H25N3O4/c24-15-17-4-1-2-5-21(17)28-13-3-10-26-11-8-18(9-12-26)30-19-6-7-22-20(14-19)25-23(27)16-29-22/h1-2,4-7,14,18H,3,8-13,16H2,(H,25,27). The second-order valence-electron chi connectivity index (χ2n) is 7.46. The Balaban J connectivity index is 1.18. The first-order valence-corrected chi connectivity index (χ1v) is 10.3. The normalized spacial score (nSPS) is 16.7. The molecule has 2 aromatic carbocycles. The van der Waals surface area contributed by atoms with E-state index in [2.05, 4.69) is 16.3 Å². The highest BCUT2D eigenvalue weighted by molar-refractivity contribution is 5.95. The van der Waals surface area contributed by atoms with Gasteiger partial charge in [0, 0.05) is 25.7 Å². The Morgan fingerprint density at radius 2 is 2.03 bits per heavy atom. The summed E-state index contributed by atoms with van der Waals surface area (Å²) in [5, 5.41) is 11.9. The van der Waals surface area contributed by atoms with Crippen molar-refractivity contribution in [2.24, 2.45) is 0 Å². The van der Waals surface area contributed by atoms with Crippen LogP contribution in [-0.2, 0) is 4.79 Å². The molecular formula is C23H25N3O4. The number of carbonyl (C=O) groups is 1. The number of nitriles is 1. The Bertz CT molecular complexity index is 932. The fourth-order valence-electron chi connectivity index (χ4n) is 3.73. The van der Waals surface area contributed by atoms with E-state index in [9.17, 15) is 4.79 Å². The molecule has 1 amide bonds. The smallest absolute Gasteiger partial charge is 0.262 e. The van der Waals surface area contributed by atoms with E-state index in [4.69, 9.17) is 19.5 Å². The molecule has 2 heterocycles. The van der Waals surface area contributed by atoms with E-state index in [0.717, 1.165) is 44.6 Å². The minimum atomic E-state index is -0.145. The third-order valence-electron chi connectivity index (χ3n) is 5.30. The van der Waals surface area contributed by atoms with Crippen LogP contribution in [0.4, 0.5) is 5.69 Å². The van der Waals surface area contributed by atoms with E-state index in [1.165, 1.54) is 0 Å². The number of rotatable bonds is 7. The third-order valence-corrected chi connectivity index (χ3v) is 5.30. The van der Waals surface area contributed by atoms with Crippen LogP contribution in [0.15, 0.2) is 42.5 Å². The minimum absolute atomic E-state index is 0.0571. The molecule has 0 atom stereocenters. The number of para-hydroxylation sites is 1. The summed E-state index contributed by atoms with van der Waals surface area (Å²) in [4.78, 5) is 13.9. The van der Waals surface area contributed by atoms with E-state index in [-0.39, 0.29) is 18.6 Å². The molecule has 0 aromatic heterocycles. The lowest BCUT2D eigenvalue weighted by molar-refractivity contribution is -0.118.